The number of hydrogen-bond donors (Lipinski definition) is 0. The third-order valence-corrected chi connectivity index (χ3v) is 1.35. The summed E-state index contributed by atoms with van der Waals surface area (Å²) in [6, 6.07) is 11.0. The van der Waals surface area contributed by atoms with Gasteiger partial charge in [-0.1, -0.05) is 0 Å². The van der Waals surface area contributed by atoms with Crippen LogP contribution in [0.1, 0.15) is 19.4 Å². The smallest absolute Gasteiger partial charge is 1.00 e. The molecule has 0 saturated carbocycles. The van der Waals surface area contributed by atoms with Crippen molar-refractivity contribution in [3.05, 3.63) is 35.9 Å². The van der Waals surface area contributed by atoms with Crippen LogP contribution in [0.15, 0.2) is 24.3 Å². The molecule has 1 aromatic rings. The van der Waals surface area contributed by atoms with E-state index in [1.54, 1.807) is 0 Å². The van der Waals surface area contributed by atoms with Crippen LogP contribution >= 0.6 is 0 Å². The predicted molar refractivity (Wildman–Crippen MR) is 51.0 cm³/mol. The number of rotatable bonds is 3. The van der Waals surface area contributed by atoms with Crippen molar-refractivity contribution in [2.75, 3.05) is 0 Å². The third kappa shape index (κ3) is 7.49. The van der Waals surface area contributed by atoms with E-state index < -0.39 is 0 Å². The predicted octanol–water partition coefficient (Wildman–Crippen LogP) is -0.965. The molecule has 0 saturated heterocycles. The first kappa shape index (κ1) is 15.9. The molecule has 0 aromatic heterocycles. The Hall–Kier alpha value is 0.426. The minimum Gasteiger partial charge on any atom is -1.00 e. The summed E-state index contributed by atoms with van der Waals surface area (Å²) in [5, 5.41) is 0. The Morgan fingerprint density at radius 2 is 2.08 bits per heavy atom. The van der Waals surface area contributed by atoms with E-state index in [4.69, 9.17) is 4.74 Å². The van der Waals surface area contributed by atoms with Gasteiger partial charge in [-0.25, -0.2) is 0 Å². The van der Waals surface area contributed by atoms with E-state index in [1.807, 2.05) is 38.1 Å². The monoisotopic (exact) mass is 252 g/mol. The standard InChI is InChI=1S/C10H13O.BrH.Mg/c1-9(2)11-8-10-6-4-3-5-7-10;;/h3-6,9H,8H2,1-2H3;1H;/q-1;;+2/p-1. The van der Waals surface area contributed by atoms with Crippen molar-refractivity contribution < 1.29 is 21.7 Å². The Kier molecular flexibility index (Phi) is 11.0. The Balaban J connectivity index is 0. The van der Waals surface area contributed by atoms with Crippen LogP contribution in [0, 0.1) is 6.07 Å². The zero-order chi connectivity index (χ0) is 8.10. The molecule has 0 fully saturated rings. The largest absolute Gasteiger partial charge is 2.00 e. The average Bonchev–Trinajstić information content (AvgIpc) is 2.03. The fourth-order valence-electron chi connectivity index (χ4n) is 0.777. The number of ether oxygens (including phenoxy) is 1. The first-order valence-electron chi connectivity index (χ1n) is 3.86. The van der Waals surface area contributed by atoms with Gasteiger partial charge < -0.3 is 21.7 Å². The Labute approximate surface area is 107 Å². The van der Waals surface area contributed by atoms with E-state index in [2.05, 4.69) is 6.07 Å². The van der Waals surface area contributed by atoms with Crippen LogP contribution in [0.4, 0.5) is 0 Å². The zero-order valence-corrected chi connectivity index (χ0v) is 11.1. The van der Waals surface area contributed by atoms with Crippen molar-refractivity contribution >= 4 is 23.1 Å². The molecule has 3 heteroatoms. The van der Waals surface area contributed by atoms with Gasteiger partial charge in [-0.05, 0) is 13.8 Å². The van der Waals surface area contributed by atoms with E-state index in [9.17, 15) is 0 Å². The molecule has 0 radical (unpaired) electrons. The second kappa shape index (κ2) is 9.00. The van der Waals surface area contributed by atoms with Crippen LogP contribution in [-0.2, 0) is 11.3 Å². The molecule has 0 N–H and O–H groups in total. The van der Waals surface area contributed by atoms with Crippen molar-refractivity contribution in [1.29, 1.82) is 0 Å². The molecule has 1 nitrogen and oxygen atoms in total. The number of benzene rings is 1. The topological polar surface area (TPSA) is 9.23 Å². The molecule has 1 rings (SSSR count). The van der Waals surface area contributed by atoms with E-state index in [1.165, 1.54) is 0 Å². The van der Waals surface area contributed by atoms with Gasteiger partial charge in [-0.15, -0.1) is 5.56 Å². The van der Waals surface area contributed by atoms with E-state index in [-0.39, 0.29) is 40.0 Å². The molecule has 0 amide bonds. The molecule has 0 heterocycles. The summed E-state index contributed by atoms with van der Waals surface area (Å²) < 4.78 is 5.40. The molecule has 0 bridgehead atoms. The Bertz CT molecular complexity index is 201. The fraction of sp³-hybridized carbons (Fsp3) is 0.400. The van der Waals surface area contributed by atoms with Gasteiger partial charge in [0.05, 0.1) is 6.10 Å². The summed E-state index contributed by atoms with van der Waals surface area (Å²) in [4.78, 5) is 0. The van der Waals surface area contributed by atoms with Gasteiger partial charge in [0.15, 0.2) is 0 Å². The minimum atomic E-state index is 0. The van der Waals surface area contributed by atoms with Crippen LogP contribution in [0.3, 0.4) is 0 Å². The molecule has 0 aliphatic carbocycles. The fourth-order valence-corrected chi connectivity index (χ4v) is 0.777. The van der Waals surface area contributed by atoms with Crippen LogP contribution in [0.5, 0.6) is 0 Å². The summed E-state index contributed by atoms with van der Waals surface area (Å²) >= 11 is 0. The van der Waals surface area contributed by atoms with Crippen molar-refractivity contribution in [3.8, 4) is 0 Å². The minimum absolute atomic E-state index is 0. The van der Waals surface area contributed by atoms with Crippen molar-refractivity contribution in [2.24, 2.45) is 0 Å². The van der Waals surface area contributed by atoms with Gasteiger partial charge in [0.25, 0.3) is 0 Å². The van der Waals surface area contributed by atoms with Crippen molar-refractivity contribution in [1.82, 2.24) is 0 Å². The van der Waals surface area contributed by atoms with Gasteiger partial charge in [-0.3, -0.25) is 0 Å². The van der Waals surface area contributed by atoms with E-state index in [0.29, 0.717) is 12.7 Å². The summed E-state index contributed by atoms with van der Waals surface area (Å²) in [6.45, 7) is 4.73. The first-order valence-corrected chi connectivity index (χ1v) is 3.86. The molecular weight excluding hydrogens is 240 g/mol. The quantitative estimate of drug-likeness (QED) is 0.498. The van der Waals surface area contributed by atoms with Crippen LogP contribution in [0.25, 0.3) is 0 Å². The number of halogens is 1. The average molecular weight is 253 g/mol. The normalized spacial score (nSPS) is 8.85. The van der Waals surface area contributed by atoms with E-state index in [0.717, 1.165) is 5.56 Å². The molecule has 1 aromatic carbocycles. The Morgan fingerprint density at radius 1 is 1.38 bits per heavy atom. The summed E-state index contributed by atoms with van der Waals surface area (Å²) in [5.41, 5.74) is 1.11. The van der Waals surface area contributed by atoms with Crippen molar-refractivity contribution in [2.45, 2.75) is 26.6 Å². The van der Waals surface area contributed by atoms with Gasteiger partial charge in [0, 0.05) is 6.61 Å². The van der Waals surface area contributed by atoms with Gasteiger partial charge in [0.2, 0.25) is 0 Å². The number of hydrogen-bond acceptors (Lipinski definition) is 1. The SMILES string of the molecule is CC(C)OCc1[c-]cccc1.[Br-].[Mg+2]. The molecule has 0 aliphatic rings. The zero-order valence-electron chi connectivity index (χ0n) is 8.09. The second-order valence-corrected chi connectivity index (χ2v) is 2.75. The summed E-state index contributed by atoms with van der Waals surface area (Å²) in [5.74, 6) is 0. The third-order valence-electron chi connectivity index (χ3n) is 1.35. The maximum absolute atomic E-state index is 5.40. The van der Waals surface area contributed by atoms with Crippen LogP contribution < -0.4 is 17.0 Å². The molecule has 0 aliphatic heterocycles. The van der Waals surface area contributed by atoms with Crippen LogP contribution in [0.2, 0.25) is 0 Å². The molecular formula is C10H13BrMgO. The van der Waals surface area contributed by atoms with Gasteiger partial charge in [0.1, 0.15) is 0 Å². The second-order valence-electron chi connectivity index (χ2n) is 2.75. The van der Waals surface area contributed by atoms with E-state index >= 15 is 0 Å². The molecule has 0 unspecified atom stereocenters. The van der Waals surface area contributed by atoms with Crippen molar-refractivity contribution in [3.63, 3.8) is 0 Å². The van der Waals surface area contributed by atoms with Gasteiger partial charge in [-0.2, -0.15) is 30.3 Å². The first-order chi connectivity index (χ1) is 5.29. The summed E-state index contributed by atoms with van der Waals surface area (Å²) in [6.07, 6.45) is 0.295. The molecule has 0 spiro atoms. The van der Waals surface area contributed by atoms with Gasteiger partial charge >= 0.3 is 23.1 Å². The maximum Gasteiger partial charge on any atom is 2.00 e. The Morgan fingerprint density at radius 3 is 2.54 bits per heavy atom. The molecule has 0 atom stereocenters. The molecule has 13 heavy (non-hydrogen) atoms. The maximum atomic E-state index is 5.40. The van der Waals surface area contributed by atoms with Crippen LogP contribution in [-0.4, -0.2) is 29.2 Å². The molecule has 68 valence electrons. The summed E-state index contributed by atoms with van der Waals surface area (Å²) in [7, 11) is 0.